The van der Waals surface area contributed by atoms with Crippen molar-refractivity contribution in [2.45, 2.75) is 37.6 Å². The first-order valence-corrected chi connectivity index (χ1v) is 12.0. The Kier molecular flexibility index (Phi) is 6.93. The molecule has 0 saturated carbocycles. The second-order valence-corrected chi connectivity index (χ2v) is 10.5. The van der Waals surface area contributed by atoms with E-state index >= 15 is 0 Å². The number of amides is 1. The molecule has 1 fully saturated rings. The fraction of sp³-hybridized carbons (Fsp3) is 0.409. The van der Waals surface area contributed by atoms with Crippen molar-refractivity contribution in [2.24, 2.45) is 0 Å². The highest BCUT2D eigenvalue weighted by molar-refractivity contribution is 7.89. The van der Waals surface area contributed by atoms with Gasteiger partial charge in [-0.15, -0.1) is 0 Å². The lowest BCUT2D eigenvalue weighted by Crippen LogP contribution is -2.48. The molecule has 6 nitrogen and oxygen atoms in total. The number of benzene rings is 2. The minimum absolute atomic E-state index is 0.0762. The van der Waals surface area contributed by atoms with E-state index in [1.54, 1.807) is 12.1 Å². The molecule has 1 N–H and O–H groups in total. The normalized spacial score (nSPS) is 15.7. The maximum atomic E-state index is 13.3. The van der Waals surface area contributed by atoms with E-state index in [4.69, 9.17) is 11.6 Å². The van der Waals surface area contributed by atoms with Gasteiger partial charge < -0.3 is 10.2 Å². The van der Waals surface area contributed by atoms with Gasteiger partial charge in [0.1, 0.15) is 10.7 Å². The minimum atomic E-state index is -3.88. The largest absolute Gasteiger partial charge is 0.369 e. The molecule has 31 heavy (non-hydrogen) atoms. The van der Waals surface area contributed by atoms with Gasteiger partial charge >= 0.3 is 0 Å². The Bertz CT molecular complexity index is 1050. The molecular weight excluding hydrogens is 441 g/mol. The highest BCUT2D eigenvalue weighted by Crippen LogP contribution is 2.28. The van der Waals surface area contributed by atoms with Gasteiger partial charge in [0, 0.05) is 43.0 Å². The van der Waals surface area contributed by atoms with Crippen molar-refractivity contribution in [3.8, 4) is 0 Å². The predicted octanol–water partition coefficient (Wildman–Crippen LogP) is 3.91. The van der Waals surface area contributed by atoms with Crippen LogP contribution in [-0.4, -0.2) is 50.3 Å². The molecule has 9 heteroatoms. The summed E-state index contributed by atoms with van der Waals surface area (Å²) >= 11 is 6.22. The second kappa shape index (κ2) is 9.14. The van der Waals surface area contributed by atoms with Crippen molar-refractivity contribution >= 4 is 33.2 Å². The Morgan fingerprint density at radius 1 is 1.10 bits per heavy atom. The first-order chi connectivity index (χ1) is 14.5. The van der Waals surface area contributed by atoms with Gasteiger partial charge in [-0.05, 0) is 62.7 Å². The zero-order valence-corrected chi connectivity index (χ0v) is 19.4. The molecule has 0 unspecified atom stereocenters. The van der Waals surface area contributed by atoms with Crippen LogP contribution in [0.4, 0.5) is 10.1 Å². The third-order valence-electron chi connectivity index (χ3n) is 5.58. The second-order valence-electron chi connectivity index (χ2n) is 8.20. The molecule has 3 rings (SSSR count). The van der Waals surface area contributed by atoms with Crippen molar-refractivity contribution in [1.82, 2.24) is 9.62 Å². The van der Waals surface area contributed by atoms with Crippen LogP contribution in [0.2, 0.25) is 5.02 Å². The van der Waals surface area contributed by atoms with Crippen LogP contribution in [0.3, 0.4) is 0 Å². The molecule has 2 aromatic carbocycles. The Morgan fingerprint density at radius 2 is 1.71 bits per heavy atom. The molecular formula is C22H27ClFN3O3S. The topological polar surface area (TPSA) is 69.7 Å². The first-order valence-electron chi connectivity index (χ1n) is 10.2. The van der Waals surface area contributed by atoms with Crippen molar-refractivity contribution in [3.05, 3.63) is 58.9 Å². The van der Waals surface area contributed by atoms with Gasteiger partial charge in [0.05, 0.1) is 5.02 Å². The van der Waals surface area contributed by atoms with Crippen molar-refractivity contribution in [3.63, 3.8) is 0 Å². The summed E-state index contributed by atoms with van der Waals surface area (Å²) in [5.41, 5.74) is 0.676. The zero-order valence-electron chi connectivity index (χ0n) is 17.9. The molecule has 2 aromatic rings. The predicted molar refractivity (Wildman–Crippen MR) is 121 cm³/mol. The first kappa shape index (κ1) is 23.5. The lowest BCUT2D eigenvalue weighted by Gasteiger charge is -2.35. The summed E-state index contributed by atoms with van der Waals surface area (Å²) in [6, 6.07) is 10.4. The lowest BCUT2D eigenvalue weighted by molar-refractivity contribution is 0.0911. The molecule has 0 atom stereocenters. The zero-order chi connectivity index (χ0) is 22.8. The van der Waals surface area contributed by atoms with E-state index in [1.165, 1.54) is 34.6 Å². The van der Waals surface area contributed by atoms with E-state index in [2.05, 4.69) is 5.32 Å². The highest BCUT2D eigenvalue weighted by atomic mass is 35.5. The maximum Gasteiger partial charge on any atom is 0.251 e. The van der Waals surface area contributed by atoms with Crippen LogP contribution in [0.1, 0.15) is 37.6 Å². The molecule has 0 aromatic heterocycles. The summed E-state index contributed by atoms with van der Waals surface area (Å²) in [6.07, 6.45) is 0.732. The van der Waals surface area contributed by atoms with Crippen molar-refractivity contribution in [1.29, 1.82) is 0 Å². The summed E-state index contributed by atoms with van der Waals surface area (Å²) < 4.78 is 41.0. The molecule has 1 aliphatic heterocycles. The SMILES string of the molecule is CCC(C)(C)NC(=O)c1ccc(Cl)c(S(=O)(=O)N2CCN(c3ccc(F)cc3)CC2)c1. The monoisotopic (exact) mass is 467 g/mol. The number of hydrogen-bond donors (Lipinski definition) is 1. The number of carbonyl (C=O) groups is 1. The molecule has 0 spiro atoms. The van der Waals surface area contributed by atoms with E-state index in [9.17, 15) is 17.6 Å². The maximum absolute atomic E-state index is 13.3. The number of carbonyl (C=O) groups excluding carboxylic acids is 1. The molecule has 0 radical (unpaired) electrons. The van der Waals surface area contributed by atoms with E-state index in [-0.39, 0.29) is 40.3 Å². The molecule has 1 saturated heterocycles. The van der Waals surface area contributed by atoms with Gasteiger partial charge in [0.15, 0.2) is 0 Å². The molecule has 1 amide bonds. The van der Waals surface area contributed by atoms with Crippen LogP contribution >= 0.6 is 11.6 Å². The van der Waals surface area contributed by atoms with Crippen LogP contribution < -0.4 is 10.2 Å². The smallest absolute Gasteiger partial charge is 0.251 e. The molecule has 1 aliphatic rings. The van der Waals surface area contributed by atoms with Gasteiger partial charge in [-0.25, -0.2) is 12.8 Å². The Balaban J connectivity index is 1.77. The van der Waals surface area contributed by atoms with Crippen LogP contribution in [0, 0.1) is 5.82 Å². The number of anilines is 1. The van der Waals surface area contributed by atoms with Crippen LogP contribution in [0.25, 0.3) is 0 Å². The Hall–Kier alpha value is -2.16. The minimum Gasteiger partial charge on any atom is -0.369 e. The molecule has 0 aliphatic carbocycles. The number of hydrogen-bond acceptors (Lipinski definition) is 4. The van der Waals surface area contributed by atoms with Gasteiger partial charge in [-0.2, -0.15) is 4.31 Å². The number of nitrogens with one attached hydrogen (secondary N) is 1. The summed E-state index contributed by atoms with van der Waals surface area (Å²) in [5.74, 6) is -0.660. The fourth-order valence-electron chi connectivity index (χ4n) is 3.29. The van der Waals surface area contributed by atoms with Gasteiger partial charge in [0.2, 0.25) is 10.0 Å². The third-order valence-corrected chi connectivity index (χ3v) is 7.96. The molecule has 0 bridgehead atoms. The van der Waals surface area contributed by atoms with Crippen LogP contribution in [-0.2, 0) is 10.0 Å². The van der Waals surface area contributed by atoms with Crippen molar-refractivity contribution < 1.29 is 17.6 Å². The quantitative estimate of drug-likeness (QED) is 0.699. The molecule has 1 heterocycles. The highest BCUT2D eigenvalue weighted by Gasteiger charge is 2.31. The standard InChI is InChI=1S/C22H27ClFN3O3S/c1-4-22(2,3)25-21(28)16-5-10-19(23)20(15-16)31(29,30)27-13-11-26(12-14-27)18-8-6-17(24)7-9-18/h5-10,15H,4,11-14H2,1-3H3,(H,25,28). The summed E-state index contributed by atoms with van der Waals surface area (Å²) in [4.78, 5) is 14.5. The van der Waals surface area contributed by atoms with Crippen LogP contribution in [0.15, 0.2) is 47.4 Å². The summed E-state index contributed by atoms with van der Waals surface area (Å²) in [6.45, 7) is 7.22. The van der Waals surface area contributed by atoms with E-state index in [0.717, 1.165) is 12.1 Å². The lowest BCUT2D eigenvalue weighted by atomic mass is 10.0. The third kappa shape index (κ3) is 5.37. The van der Waals surface area contributed by atoms with Gasteiger partial charge in [-0.3, -0.25) is 4.79 Å². The number of piperazine rings is 1. The number of sulfonamides is 1. The van der Waals surface area contributed by atoms with Gasteiger partial charge in [-0.1, -0.05) is 18.5 Å². The number of halogens is 2. The van der Waals surface area contributed by atoms with Crippen LogP contribution in [0.5, 0.6) is 0 Å². The average molecular weight is 468 g/mol. The van der Waals surface area contributed by atoms with E-state index < -0.39 is 15.6 Å². The summed E-state index contributed by atoms with van der Waals surface area (Å²) in [5, 5.41) is 2.98. The molecule has 168 valence electrons. The summed E-state index contributed by atoms with van der Waals surface area (Å²) in [7, 11) is -3.88. The van der Waals surface area contributed by atoms with Crippen molar-refractivity contribution in [2.75, 3.05) is 31.1 Å². The van der Waals surface area contributed by atoms with E-state index in [1.807, 2.05) is 25.7 Å². The fourth-order valence-corrected chi connectivity index (χ4v) is 5.21. The van der Waals surface area contributed by atoms with E-state index in [0.29, 0.717) is 13.1 Å². The number of nitrogens with zero attached hydrogens (tertiary/aromatic N) is 2. The Labute approximate surface area is 188 Å². The Morgan fingerprint density at radius 3 is 2.29 bits per heavy atom. The average Bonchev–Trinajstić information content (AvgIpc) is 2.74. The number of rotatable bonds is 6. The van der Waals surface area contributed by atoms with Gasteiger partial charge in [0.25, 0.3) is 5.91 Å².